The van der Waals surface area contributed by atoms with Crippen LogP contribution in [0.1, 0.15) is 26.0 Å². The minimum Gasteiger partial charge on any atom is -0.350 e. The highest BCUT2D eigenvalue weighted by atomic mass is 16.1. The van der Waals surface area contributed by atoms with Gasteiger partial charge in [0.1, 0.15) is 6.33 Å². The summed E-state index contributed by atoms with van der Waals surface area (Å²) in [5, 5.41) is 2.75. The third-order valence-corrected chi connectivity index (χ3v) is 1.73. The fourth-order valence-corrected chi connectivity index (χ4v) is 1.09. The molecule has 1 amide bonds. The van der Waals surface area contributed by atoms with Crippen molar-refractivity contribution >= 4 is 5.91 Å². The molecule has 0 aromatic carbocycles. The molecular formula is C10H16N4O. The molecule has 5 nitrogen and oxygen atoms in total. The van der Waals surface area contributed by atoms with Crippen molar-refractivity contribution in [2.45, 2.75) is 32.4 Å². The molecule has 3 N–H and O–H groups in total. The van der Waals surface area contributed by atoms with E-state index in [1.54, 1.807) is 12.3 Å². The molecule has 1 aromatic heterocycles. The molecule has 82 valence electrons. The molecule has 1 aromatic rings. The summed E-state index contributed by atoms with van der Waals surface area (Å²) in [5.74, 6) is -0.0684. The largest absolute Gasteiger partial charge is 0.350 e. The van der Waals surface area contributed by atoms with Crippen LogP contribution in [0.5, 0.6) is 0 Å². The molecule has 0 saturated heterocycles. The van der Waals surface area contributed by atoms with E-state index in [0.29, 0.717) is 13.0 Å². The van der Waals surface area contributed by atoms with Crippen LogP contribution in [-0.4, -0.2) is 21.4 Å². The van der Waals surface area contributed by atoms with Crippen LogP contribution in [0.25, 0.3) is 0 Å². The summed E-state index contributed by atoms with van der Waals surface area (Å²) in [5.41, 5.74) is 6.03. The van der Waals surface area contributed by atoms with E-state index in [4.69, 9.17) is 5.73 Å². The van der Waals surface area contributed by atoms with Crippen molar-refractivity contribution in [3.05, 3.63) is 24.3 Å². The minimum absolute atomic E-state index is 0.0684. The van der Waals surface area contributed by atoms with Gasteiger partial charge in [-0.05, 0) is 19.9 Å². The van der Waals surface area contributed by atoms with Crippen LogP contribution >= 0.6 is 0 Å². The second-order valence-electron chi connectivity index (χ2n) is 4.14. The summed E-state index contributed by atoms with van der Waals surface area (Å²) < 4.78 is 0. The van der Waals surface area contributed by atoms with Crippen molar-refractivity contribution in [2.75, 3.05) is 0 Å². The molecule has 0 aliphatic heterocycles. The molecule has 0 saturated carbocycles. The fraction of sp³-hybridized carbons (Fsp3) is 0.500. The molecular weight excluding hydrogens is 192 g/mol. The number of hydrogen-bond acceptors (Lipinski definition) is 4. The number of nitrogens with two attached hydrogens (primary N) is 1. The van der Waals surface area contributed by atoms with E-state index < -0.39 is 5.54 Å². The Hall–Kier alpha value is -1.49. The highest BCUT2D eigenvalue weighted by Gasteiger charge is 2.15. The number of aromatic nitrogens is 2. The van der Waals surface area contributed by atoms with Crippen molar-refractivity contribution in [1.29, 1.82) is 0 Å². The van der Waals surface area contributed by atoms with Crippen molar-refractivity contribution < 1.29 is 4.79 Å². The standard InChI is InChI=1S/C10H16N4O/c1-10(2,11)5-9(15)13-6-8-3-4-12-7-14-8/h3-4,7H,5-6,11H2,1-2H3,(H,13,15). The van der Waals surface area contributed by atoms with E-state index in [-0.39, 0.29) is 5.91 Å². The second kappa shape index (κ2) is 4.84. The molecule has 0 aliphatic carbocycles. The van der Waals surface area contributed by atoms with E-state index in [1.165, 1.54) is 6.33 Å². The molecule has 0 bridgehead atoms. The van der Waals surface area contributed by atoms with Gasteiger partial charge in [0, 0.05) is 18.2 Å². The summed E-state index contributed by atoms with van der Waals surface area (Å²) in [7, 11) is 0. The van der Waals surface area contributed by atoms with Gasteiger partial charge in [0.25, 0.3) is 0 Å². The zero-order valence-corrected chi connectivity index (χ0v) is 9.03. The Labute approximate surface area is 89.1 Å². The van der Waals surface area contributed by atoms with Gasteiger partial charge in [-0.3, -0.25) is 4.79 Å². The average molecular weight is 208 g/mol. The summed E-state index contributed by atoms with van der Waals surface area (Å²) in [6.07, 6.45) is 3.40. The lowest BCUT2D eigenvalue weighted by Gasteiger charge is -2.17. The van der Waals surface area contributed by atoms with E-state index in [0.717, 1.165) is 5.69 Å². The van der Waals surface area contributed by atoms with Gasteiger partial charge in [0.15, 0.2) is 0 Å². The highest BCUT2D eigenvalue weighted by Crippen LogP contribution is 2.02. The first-order chi connectivity index (χ1) is 6.97. The maximum absolute atomic E-state index is 11.4. The maximum atomic E-state index is 11.4. The van der Waals surface area contributed by atoms with Crippen molar-refractivity contribution in [2.24, 2.45) is 5.73 Å². The zero-order valence-electron chi connectivity index (χ0n) is 9.03. The average Bonchev–Trinajstić information content (AvgIpc) is 2.14. The molecule has 0 spiro atoms. The molecule has 0 aliphatic rings. The van der Waals surface area contributed by atoms with Crippen LogP contribution in [0.15, 0.2) is 18.6 Å². The number of rotatable bonds is 4. The number of carbonyl (C=O) groups excluding carboxylic acids is 1. The minimum atomic E-state index is -0.476. The molecule has 0 fully saturated rings. The molecule has 1 heterocycles. The summed E-state index contributed by atoms with van der Waals surface area (Å²) in [6, 6.07) is 1.76. The molecule has 15 heavy (non-hydrogen) atoms. The lowest BCUT2D eigenvalue weighted by atomic mass is 10.0. The Balaban J connectivity index is 2.35. The van der Waals surface area contributed by atoms with E-state index >= 15 is 0 Å². The maximum Gasteiger partial charge on any atom is 0.222 e. The smallest absolute Gasteiger partial charge is 0.222 e. The highest BCUT2D eigenvalue weighted by molar-refractivity contribution is 5.76. The van der Waals surface area contributed by atoms with Gasteiger partial charge in [-0.1, -0.05) is 0 Å². The monoisotopic (exact) mass is 208 g/mol. The number of hydrogen-bond donors (Lipinski definition) is 2. The van der Waals surface area contributed by atoms with Crippen LogP contribution in [0.2, 0.25) is 0 Å². The Morgan fingerprint density at radius 1 is 1.60 bits per heavy atom. The first-order valence-electron chi connectivity index (χ1n) is 4.78. The van der Waals surface area contributed by atoms with Gasteiger partial charge in [0.05, 0.1) is 12.2 Å². The second-order valence-corrected chi connectivity index (χ2v) is 4.14. The van der Waals surface area contributed by atoms with E-state index in [9.17, 15) is 4.79 Å². The quantitative estimate of drug-likeness (QED) is 0.741. The topological polar surface area (TPSA) is 80.9 Å². The van der Waals surface area contributed by atoms with Gasteiger partial charge in [-0.15, -0.1) is 0 Å². The van der Waals surface area contributed by atoms with Crippen molar-refractivity contribution in [3.8, 4) is 0 Å². The van der Waals surface area contributed by atoms with Crippen LogP contribution in [0.3, 0.4) is 0 Å². The lowest BCUT2D eigenvalue weighted by Crippen LogP contribution is -2.38. The molecule has 0 radical (unpaired) electrons. The Morgan fingerprint density at radius 3 is 2.87 bits per heavy atom. The van der Waals surface area contributed by atoms with Gasteiger partial charge in [-0.2, -0.15) is 0 Å². The predicted octanol–water partition coefficient (Wildman–Crippen LogP) is 0.220. The number of nitrogens with zero attached hydrogens (tertiary/aromatic N) is 2. The summed E-state index contributed by atoms with van der Waals surface area (Å²) in [6.45, 7) is 4.05. The SMILES string of the molecule is CC(C)(N)CC(=O)NCc1ccncn1. The van der Waals surface area contributed by atoms with Crippen LogP contribution in [0, 0.1) is 0 Å². The third kappa shape index (κ3) is 5.07. The fourth-order valence-electron chi connectivity index (χ4n) is 1.09. The summed E-state index contributed by atoms with van der Waals surface area (Å²) >= 11 is 0. The van der Waals surface area contributed by atoms with Gasteiger partial charge >= 0.3 is 0 Å². The van der Waals surface area contributed by atoms with Gasteiger partial charge in [0.2, 0.25) is 5.91 Å². The lowest BCUT2D eigenvalue weighted by molar-refractivity contribution is -0.122. The van der Waals surface area contributed by atoms with Gasteiger partial charge in [-0.25, -0.2) is 9.97 Å². The normalized spacial score (nSPS) is 11.1. The van der Waals surface area contributed by atoms with Crippen LogP contribution in [0.4, 0.5) is 0 Å². The number of nitrogens with one attached hydrogen (secondary N) is 1. The van der Waals surface area contributed by atoms with Crippen molar-refractivity contribution in [3.63, 3.8) is 0 Å². The Morgan fingerprint density at radius 2 is 2.33 bits per heavy atom. The number of amides is 1. The predicted molar refractivity (Wildman–Crippen MR) is 56.8 cm³/mol. The molecule has 0 unspecified atom stereocenters. The van der Waals surface area contributed by atoms with Crippen LogP contribution in [-0.2, 0) is 11.3 Å². The first-order valence-corrected chi connectivity index (χ1v) is 4.78. The molecule has 5 heteroatoms. The Bertz CT molecular complexity index is 318. The molecule has 1 rings (SSSR count). The zero-order chi connectivity index (χ0) is 11.3. The first kappa shape index (κ1) is 11.6. The Kier molecular flexibility index (Phi) is 3.74. The van der Waals surface area contributed by atoms with Crippen molar-refractivity contribution in [1.82, 2.24) is 15.3 Å². The van der Waals surface area contributed by atoms with E-state index in [2.05, 4.69) is 15.3 Å². The number of carbonyl (C=O) groups is 1. The van der Waals surface area contributed by atoms with Crippen LogP contribution < -0.4 is 11.1 Å². The van der Waals surface area contributed by atoms with Gasteiger partial charge < -0.3 is 11.1 Å². The van der Waals surface area contributed by atoms with E-state index in [1.807, 2.05) is 13.8 Å². The third-order valence-electron chi connectivity index (χ3n) is 1.73. The summed E-state index contributed by atoms with van der Waals surface area (Å²) in [4.78, 5) is 19.2. The molecule has 0 atom stereocenters.